The van der Waals surface area contributed by atoms with E-state index in [4.69, 9.17) is 4.74 Å². The second kappa shape index (κ2) is 6.87. The molecule has 0 spiro atoms. The molecule has 0 atom stereocenters. The summed E-state index contributed by atoms with van der Waals surface area (Å²) in [6, 6.07) is 7.66. The zero-order chi connectivity index (χ0) is 12.2. The Bertz CT molecular complexity index is 379. The van der Waals surface area contributed by atoms with Crippen LogP contribution in [0.4, 0.5) is 0 Å². The van der Waals surface area contributed by atoms with Crippen LogP contribution in [0.3, 0.4) is 0 Å². The third kappa shape index (κ3) is 6.54. The maximum absolute atomic E-state index is 11.5. The standard InChI is InChI=1S/C13H15BrO2.H2S/c1-4-10-5-7-11(8-6-10)9-12(15)16-13(2,3)14;/h4-8H,1,9H2,2-3H3;1H2. The Balaban J connectivity index is 0.00000256. The molecule has 1 rings (SSSR count). The van der Waals surface area contributed by atoms with Crippen LogP contribution in [0.5, 0.6) is 0 Å². The lowest BCUT2D eigenvalue weighted by atomic mass is 10.1. The Morgan fingerprint density at radius 1 is 1.41 bits per heavy atom. The van der Waals surface area contributed by atoms with E-state index in [0.717, 1.165) is 11.1 Å². The smallest absolute Gasteiger partial charge is 0.311 e. The largest absolute Gasteiger partial charge is 0.448 e. The number of benzene rings is 1. The molecule has 1 aromatic rings. The molecule has 94 valence electrons. The normalized spacial score (nSPS) is 10.3. The second-order valence-corrected chi connectivity index (χ2v) is 5.87. The fourth-order valence-corrected chi connectivity index (χ4v) is 1.43. The highest BCUT2D eigenvalue weighted by molar-refractivity contribution is 9.10. The Labute approximate surface area is 118 Å². The van der Waals surface area contributed by atoms with Crippen LogP contribution < -0.4 is 0 Å². The molecule has 1 aromatic carbocycles. The van der Waals surface area contributed by atoms with E-state index in [0.29, 0.717) is 0 Å². The molecule has 0 N–H and O–H groups in total. The van der Waals surface area contributed by atoms with E-state index in [1.165, 1.54) is 0 Å². The molecule has 0 saturated heterocycles. The highest BCUT2D eigenvalue weighted by Crippen LogP contribution is 2.18. The van der Waals surface area contributed by atoms with E-state index in [2.05, 4.69) is 22.5 Å². The lowest BCUT2D eigenvalue weighted by Gasteiger charge is -2.17. The fraction of sp³-hybridized carbons (Fsp3) is 0.308. The molecule has 0 aliphatic rings. The Kier molecular flexibility index (Phi) is 6.57. The number of esters is 1. The van der Waals surface area contributed by atoms with Gasteiger partial charge in [0.05, 0.1) is 6.42 Å². The minimum absolute atomic E-state index is 0. The minimum atomic E-state index is -0.606. The first-order valence-corrected chi connectivity index (χ1v) is 5.82. The summed E-state index contributed by atoms with van der Waals surface area (Å²) in [7, 11) is 0. The molecular formula is C13H17BrO2S. The average molecular weight is 317 g/mol. The molecule has 0 aliphatic carbocycles. The molecule has 0 aromatic heterocycles. The van der Waals surface area contributed by atoms with Crippen molar-refractivity contribution in [2.45, 2.75) is 24.8 Å². The zero-order valence-corrected chi connectivity index (χ0v) is 12.6. The van der Waals surface area contributed by atoms with Gasteiger partial charge in [-0.25, -0.2) is 0 Å². The van der Waals surface area contributed by atoms with Gasteiger partial charge in [-0.3, -0.25) is 4.79 Å². The van der Waals surface area contributed by atoms with E-state index in [-0.39, 0.29) is 25.9 Å². The molecule has 0 unspecified atom stereocenters. The van der Waals surface area contributed by atoms with Gasteiger partial charge in [0.15, 0.2) is 4.51 Å². The molecule has 0 heterocycles. The van der Waals surface area contributed by atoms with Crippen molar-refractivity contribution in [1.29, 1.82) is 0 Å². The van der Waals surface area contributed by atoms with Crippen molar-refractivity contribution in [1.82, 2.24) is 0 Å². The molecule has 0 saturated carbocycles. The molecule has 2 nitrogen and oxygen atoms in total. The van der Waals surface area contributed by atoms with Crippen LogP contribution in [0, 0.1) is 0 Å². The molecule has 0 fully saturated rings. The average Bonchev–Trinajstić information content (AvgIpc) is 2.16. The van der Waals surface area contributed by atoms with Crippen molar-refractivity contribution in [3.63, 3.8) is 0 Å². The maximum atomic E-state index is 11.5. The number of carbonyl (C=O) groups excluding carboxylic acids is 1. The first-order valence-electron chi connectivity index (χ1n) is 5.03. The zero-order valence-electron chi connectivity index (χ0n) is 10.00. The quantitative estimate of drug-likeness (QED) is 0.626. The first-order chi connectivity index (χ1) is 7.40. The van der Waals surface area contributed by atoms with Gasteiger partial charge in [-0.2, -0.15) is 13.5 Å². The van der Waals surface area contributed by atoms with Crippen LogP contribution in [0.25, 0.3) is 6.08 Å². The van der Waals surface area contributed by atoms with Crippen molar-refractivity contribution >= 4 is 41.5 Å². The first kappa shape index (κ1) is 16.3. The summed E-state index contributed by atoms with van der Waals surface area (Å²) in [6.45, 7) is 7.24. The predicted octanol–water partition coefficient (Wildman–Crippen LogP) is 3.66. The number of carbonyl (C=O) groups is 1. The van der Waals surface area contributed by atoms with Crippen LogP contribution in [0.1, 0.15) is 25.0 Å². The summed E-state index contributed by atoms with van der Waals surface area (Å²) in [4.78, 5) is 11.5. The molecule has 0 bridgehead atoms. The summed E-state index contributed by atoms with van der Waals surface area (Å²) in [6.07, 6.45) is 2.05. The molecule has 17 heavy (non-hydrogen) atoms. The summed E-state index contributed by atoms with van der Waals surface area (Å²) in [5.41, 5.74) is 1.98. The third-order valence-corrected chi connectivity index (χ3v) is 2.08. The SMILES string of the molecule is C=Cc1ccc(CC(=O)OC(C)(C)Br)cc1.S. The molecule has 0 aliphatic heterocycles. The monoisotopic (exact) mass is 316 g/mol. The number of ether oxygens (including phenoxy) is 1. The number of halogens is 1. The molecule has 4 heteroatoms. The van der Waals surface area contributed by atoms with Crippen LogP contribution >= 0.6 is 29.4 Å². The third-order valence-electron chi connectivity index (χ3n) is 1.92. The van der Waals surface area contributed by atoms with E-state index in [1.54, 1.807) is 19.9 Å². The van der Waals surface area contributed by atoms with Crippen molar-refractivity contribution in [2.24, 2.45) is 0 Å². The Hall–Kier alpha value is -0.740. The minimum Gasteiger partial charge on any atom is -0.448 e. The second-order valence-electron chi connectivity index (χ2n) is 3.96. The lowest BCUT2D eigenvalue weighted by molar-refractivity contribution is -0.148. The summed E-state index contributed by atoms with van der Waals surface area (Å²) in [5.74, 6) is -0.242. The fourth-order valence-electron chi connectivity index (χ4n) is 1.25. The molecule has 0 amide bonds. The van der Waals surface area contributed by atoms with Crippen molar-refractivity contribution < 1.29 is 9.53 Å². The van der Waals surface area contributed by atoms with E-state index in [9.17, 15) is 4.79 Å². The van der Waals surface area contributed by atoms with Crippen LogP contribution in [0.15, 0.2) is 30.8 Å². The van der Waals surface area contributed by atoms with E-state index < -0.39 is 4.51 Å². The van der Waals surface area contributed by atoms with E-state index in [1.807, 2.05) is 24.3 Å². The predicted molar refractivity (Wildman–Crippen MR) is 79.7 cm³/mol. The lowest BCUT2D eigenvalue weighted by Crippen LogP contribution is -2.21. The van der Waals surface area contributed by atoms with Gasteiger partial charge in [0.1, 0.15) is 0 Å². The van der Waals surface area contributed by atoms with Gasteiger partial charge in [0.25, 0.3) is 0 Å². The van der Waals surface area contributed by atoms with Gasteiger partial charge >= 0.3 is 5.97 Å². The summed E-state index contributed by atoms with van der Waals surface area (Å²) < 4.78 is 4.55. The van der Waals surface area contributed by atoms with Crippen molar-refractivity contribution in [2.75, 3.05) is 0 Å². The topological polar surface area (TPSA) is 26.3 Å². The Morgan fingerprint density at radius 2 is 1.94 bits per heavy atom. The number of alkyl halides is 1. The van der Waals surface area contributed by atoms with Gasteiger partial charge in [-0.1, -0.05) is 36.9 Å². The van der Waals surface area contributed by atoms with E-state index >= 15 is 0 Å². The van der Waals surface area contributed by atoms with Crippen molar-refractivity contribution in [3.05, 3.63) is 42.0 Å². The van der Waals surface area contributed by atoms with Crippen LogP contribution in [0.2, 0.25) is 0 Å². The summed E-state index contributed by atoms with van der Waals surface area (Å²) in [5, 5.41) is 0. The number of hydrogen-bond acceptors (Lipinski definition) is 2. The number of rotatable bonds is 4. The Morgan fingerprint density at radius 3 is 2.35 bits per heavy atom. The van der Waals surface area contributed by atoms with Crippen LogP contribution in [-0.4, -0.2) is 10.5 Å². The highest BCUT2D eigenvalue weighted by atomic mass is 79.9. The molecular weight excluding hydrogens is 300 g/mol. The van der Waals surface area contributed by atoms with Crippen molar-refractivity contribution in [3.8, 4) is 0 Å². The van der Waals surface area contributed by atoms with Gasteiger partial charge in [-0.05, 0) is 40.9 Å². The van der Waals surface area contributed by atoms with Gasteiger partial charge in [0, 0.05) is 0 Å². The summed E-state index contributed by atoms with van der Waals surface area (Å²) >= 11 is 3.26. The van der Waals surface area contributed by atoms with Gasteiger partial charge in [-0.15, -0.1) is 0 Å². The van der Waals surface area contributed by atoms with Gasteiger partial charge in [0.2, 0.25) is 0 Å². The molecule has 0 radical (unpaired) electrons. The maximum Gasteiger partial charge on any atom is 0.311 e. The van der Waals surface area contributed by atoms with Gasteiger partial charge < -0.3 is 4.74 Å². The highest BCUT2D eigenvalue weighted by Gasteiger charge is 2.18. The van der Waals surface area contributed by atoms with Crippen LogP contribution in [-0.2, 0) is 16.0 Å². The number of hydrogen-bond donors (Lipinski definition) is 0.